The number of hydrogen-bond donors (Lipinski definition) is 0. The molecule has 8 heteroatoms. The van der Waals surface area contributed by atoms with E-state index in [0.29, 0.717) is 18.8 Å². The maximum absolute atomic E-state index is 13.6. The molecule has 2 rings (SSSR count). The molecule has 0 saturated carbocycles. The summed E-state index contributed by atoms with van der Waals surface area (Å²) in [6.45, 7) is 3.18. The predicted octanol–water partition coefficient (Wildman–Crippen LogP) is 7.14. The molecule has 1 heterocycles. The molecule has 1 aliphatic rings. The van der Waals surface area contributed by atoms with Crippen molar-refractivity contribution in [3.63, 3.8) is 0 Å². The summed E-state index contributed by atoms with van der Waals surface area (Å²) in [5.74, 6) is 0.211. The van der Waals surface area contributed by atoms with Crippen molar-refractivity contribution in [1.82, 2.24) is 9.80 Å². The molecule has 1 aromatic carbocycles. The average molecular weight is 589 g/mol. The van der Waals surface area contributed by atoms with Crippen LogP contribution < -0.4 is 0 Å². The predicted molar refractivity (Wildman–Crippen MR) is 166 cm³/mol. The van der Waals surface area contributed by atoms with Gasteiger partial charge in [0.05, 0.1) is 14.2 Å². The molecule has 0 unspecified atom stereocenters. The van der Waals surface area contributed by atoms with Gasteiger partial charge in [0.2, 0.25) is 0 Å². The smallest absolute Gasteiger partial charge is 0.410 e. The van der Waals surface area contributed by atoms with Crippen LogP contribution >= 0.6 is 0 Å². The molecule has 0 N–H and O–H groups in total. The number of esters is 2. The minimum Gasteiger partial charge on any atom is -0.469 e. The summed E-state index contributed by atoms with van der Waals surface area (Å²) < 4.78 is 15.4. The van der Waals surface area contributed by atoms with Gasteiger partial charge < -0.3 is 24.0 Å². The van der Waals surface area contributed by atoms with Crippen molar-refractivity contribution in [2.45, 2.75) is 115 Å². The quantitative estimate of drug-likeness (QED) is 0.0857. The Morgan fingerprint density at radius 1 is 0.786 bits per heavy atom. The molecular formula is C34H56N2O6. The zero-order chi connectivity index (χ0) is 30.4. The van der Waals surface area contributed by atoms with Gasteiger partial charge >= 0.3 is 18.0 Å². The van der Waals surface area contributed by atoms with Crippen molar-refractivity contribution in [3.05, 3.63) is 35.9 Å². The van der Waals surface area contributed by atoms with Crippen LogP contribution in [0.25, 0.3) is 0 Å². The molecule has 0 aliphatic carbocycles. The van der Waals surface area contributed by atoms with Gasteiger partial charge in [-0.2, -0.15) is 0 Å². The summed E-state index contributed by atoms with van der Waals surface area (Å²) in [5.41, 5.74) is 1.00. The Labute approximate surface area is 254 Å². The van der Waals surface area contributed by atoms with Crippen LogP contribution in [0.15, 0.2) is 30.3 Å². The molecule has 42 heavy (non-hydrogen) atoms. The topological polar surface area (TPSA) is 85.4 Å². The number of methoxy groups -OCH3 is 2. The lowest BCUT2D eigenvalue weighted by molar-refractivity contribution is -0.141. The van der Waals surface area contributed by atoms with E-state index in [1.54, 1.807) is 0 Å². The number of carbonyl (C=O) groups is 3. The molecule has 0 radical (unpaired) electrons. The number of nitrogens with zero attached hydrogens (tertiary/aromatic N) is 2. The van der Waals surface area contributed by atoms with E-state index in [2.05, 4.69) is 16.8 Å². The fraction of sp³-hybridized carbons (Fsp3) is 0.735. The van der Waals surface area contributed by atoms with E-state index in [-0.39, 0.29) is 30.7 Å². The van der Waals surface area contributed by atoms with Crippen LogP contribution in [0.4, 0.5) is 4.79 Å². The number of likely N-dealkylation sites (tertiary alicyclic amines) is 1. The molecule has 8 nitrogen and oxygen atoms in total. The molecule has 0 spiro atoms. The summed E-state index contributed by atoms with van der Waals surface area (Å²) >= 11 is 0. The van der Waals surface area contributed by atoms with Crippen LogP contribution in [-0.4, -0.2) is 74.8 Å². The first-order valence-electron chi connectivity index (χ1n) is 16.2. The van der Waals surface area contributed by atoms with Crippen LogP contribution in [0.2, 0.25) is 0 Å². The van der Waals surface area contributed by atoms with E-state index in [1.165, 1.54) is 14.2 Å². The van der Waals surface area contributed by atoms with Gasteiger partial charge in [0.25, 0.3) is 0 Å². The van der Waals surface area contributed by atoms with Gasteiger partial charge in [-0.25, -0.2) is 4.79 Å². The number of carbonyl (C=O) groups excluding carboxylic acids is 3. The third-order valence-corrected chi connectivity index (χ3v) is 8.47. The Bertz CT molecular complexity index is 842. The number of unbranched alkanes of at least 4 members (excludes halogenated alkanes) is 8. The van der Waals surface area contributed by atoms with Crippen molar-refractivity contribution in [1.29, 1.82) is 0 Å². The summed E-state index contributed by atoms with van der Waals surface area (Å²) in [5, 5.41) is 0. The molecule has 1 fully saturated rings. The van der Waals surface area contributed by atoms with Crippen molar-refractivity contribution in [2.24, 2.45) is 5.92 Å². The summed E-state index contributed by atoms with van der Waals surface area (Å²) in [4.78, 5) is 40.8. The maximum Gasteiger partial charge on any atom is 0.410 e. The van der Waals surface area contributed by atoms with E-state index in [4.69, 9.17) is 14.2 Å². The lowest BCUT2D eigenvalue weighted by Crippen LogP contribution is -2.45. The second kappa shape index (κ2) is 22.0. The van der Waals surface area contributed by atoms with Crippen LogP contribution in [0.5, 0.6) is 0 Å². The normalized spacial score (nSPS) is 14.1. The Morgan fingerprint density at radius 2 is 1.29 bits per heavy atom. The summed E-state index contributed by atoms with van der Waals surface area (Å²) in [6.07, 6.45) is 15.1. The van der Waals surface area contributed by atoms with E-state index in [9.17, 15) is 14.4 Å². The second-order valence-electron chi connectivity index (χ2n) is 11.9. The van der Waals surface area contributed by atoms with Gasteiger partial charge in [0.1, 0.15) is 6.61 Å². The third-order valence-electron chi connectivity index (χ3n) is 8.47. The Morgan fingerprint density at radius 3 is 1.81 bits per heavy atom. The maximum atomic E-state index is 13.6. The monoisotopic (exact) mass is 588 g/mol. The number of rotatable bonds is 21. The highest BCUT2D eigenvalue weighted by molar-refractivity contribution is 5.69. The molecule has 0 atom stereocenters. The molecule has 1 aromatic rings. The second-order valence-corrected chi connectivity index (χ2v) is 11.9. The molecular weight excluding hydrogens is 532 g/mol. The highest BCUT2D eigenvalue weighted by atomic mass is 16.6. The first-order chi connectivity index (χ1) is 20.4. The molecule has 1 aliphatic heterocycles. The minimum absolute atomic E-state index is 0.140. The Kier molecular flexibility index (Phi) is 18.6. The van der Waals surface area contributed by atoms with Gasteiger partial charge in [-0.3, -0.25) is 9.59 Å². The molecule has 1 saturated heterocycles. The van der Waals surface area contributed by atoms with Crippen molar-refractivity contribution in [3.8, 4) is 0 Å². The largest absolute Gasteiger partial charge is 0.469 e. The van der Waals surface area contributed by atoms with Crippen LogP contribution in [0.3, 0.4) is 0 Å². The zero-order valence-corrected chi connectivity index (χ0v) is 26.5. The highest BCUT2D eigenvalue weighted by Crippen LogP contribution is 2.25. The van der Waals surface area contributed by atoms with E-state index in [1.807, 2.05) is 30.3 Å². The first-order valence-corrected chi connectivity index (χ1v) is 16.2. The number of benzene rings is 1. The number of hydrogen-bond acceptors (Lipinski definition) is 7. The van der Waals surface area contributed by atoms with Crippen LogP contribution in [0.1, 0.15) is 108 Å². The fourth-order valence-electron chi connectivity index (χ4n) is 5.72. The third kappa shape index (κ3) is 15.6. The summed E-state index contributed by atoms with van der Waals surface area (Å²) in [7, 11) is 5.04. The standard InChI is InChI=1S/C34H56N2O6/c1-35-25-23-29(24-26-35)27-36(34(39)42-28-30-17-11-10-12-18-30)31(19-13-6-4-8-15-21-32(37)40-2)20-14-7-5-9-16-22-33(38)41-3/h10-12,17-18,29,31H,4-9,13-16,19-28H2,1-3H3. The Balaban J connectivity index is 1.97. The molecule has 0 aromatic heterocycles. The Hall–Kier alpha value is -2.61. The zero-order valence-electron chi connectivity index (χ0n) is 26.5. The number of ether oxygens (including phenoxy) is 3. The average Bonchev–Trinajstić information content (AvgIpc) is 3.01. The molecule has 0 bridgehead atoms. The van der Waals surface area contributed by atoms with E-state index >= 15 is 0 Å². The number of amides is 1. The van der Waals surface area contributed by atoms with Crippen LogP contribution in [-0.2, 0) is 30.4 Å². The van der Waals surface area contributed by atoms with E-state index in [0.717, 1.165) is 115 Å². The first kappa shape index (κ1) is 35.6. The highest BCUT2D eigenvalue weighted by Gasteiger charge is 2.29. The van der Waals surface area contributed by atoms with Gasteiger partial charge in [0.15, 0.2) is 0 Å². The summed E-state index contributed by atoms with van der Waals surface area (Å²) in [6, 6.07) is 10.0. The van der Waals surface area contributed by atoms with Crippen molar-refractivity contribution in [2.75, 3.05) is 40.9 Å². The molecule has 1 amide bonds. The van der Waals surface area contributed by atoms with Crippen molar-refractivity contribution < 1.29 is 28.6 Å². The van der Waals surface area contributed by atoms with Gasteiger partial charge in [-0.15, -0.1) is 0 Å². The van der Waals surface area contributed by atoms with Gasteiger partial charge in [-0.05, 0) is 70.1 Å². The van der Waals surface area contributed by atoms with Gasteiger partial charge in [0, 0.05) is 25.4 Å². The lowest BCUT2D eigenvalue weighted by Gasteiger charge is -2.37. The fourth-order valence-corrected chi connectivity index (χ4v) is 5.72. The lowest BCUT2D eigenvalue weighted by atomic mass is 9.94. The minimum atomic E-state index is -0.195. The molecule has 238 valence electrons. The number of piperidine rings is 1. The van der Waals surface area contributed by atoms with E-state index < -0.39 is 0 Å². The van der Waals surface area contributed by atoms with Gasteiger partial charge in [-0.1, -0.05) is 81.7 Å². The van der Waals surface area contributed by atoms with Crippen LogP contribution in [0, 0.1) is 5.92 Å². The SMILES string of the molecule is COC(=O)CCCCCCCC(CCCCCCCC(=O)OC)N(CC1CCN(C)CC1)C(=O)OCc1ccccc1. The van der Waals surface area contributed by atoms with Crippen molar-refractivity contribution >= 4 is 18.0 Å².